The van der Waals surface area contributed by atoms with E-state index in [0.29, 0.717) is 0 Å². The fourth-order valence-electron chi connectivity index (χ4n) is 1.84. The van der Waals surface area contributed by atoms with Crippen LogP contribution >= 0.6 is 15.9 Å². The van der Waals surface area contributed by atoms with Crippen LogP contribution in [0.5, 0.6) is 5.75 Å². The summed E-state index contributed by atoms with van der Waals surface area (Å²) in [6, 6.07) is 12.4. The predicted octanol–water partition coefficient (Wildman–Crippen LogP) is 4.77. The van der Waals surface area contributed by atoms with Gasteiger partial charge in [-0.3, -0.25) is 0 Å². The van der Waals surface area contributed by atoms with Gasteiger partial charge >= 0.3 is 0 Å². The summed E-state index contributed by atoms with van der Waals surface area (Å²) < 4.78 is 19.3. The second-order valence-electron chi connectivity index (χ2n) is 4.27. The van der Waals surface area contributed by atoms with Gasteiger partial charge in [0.05, 0.1) is 12.8 Å². The van der Waals surface area contributed by atoms with Crippen molar-refractivity contribution in [2.45, 2.75) is 13.0 Å². The third-order valence-electron chi connectivity index (χ3n) is 2.89. The molecule has 0 heterocycles. The molecule has 2 aromatic rings. The Labute approximate surface area is 120 Å². The molecule has 0 amide bonds. The summed E-state index contributed by atoms with van der Waals surface area (Å²) in [7, 11) is 1.64. The maximum absolute atomic E-state index is 13.2. The lowest BCUT2D eigenvalue weighted by Gasteiger charge is -2.17. The number of ether oxygens (including phenoxy) is 1. The average molecular weight is 324 g/mol. The van der Waals surface area contributed by atoms with E-state index in [1.54, 1.807) is 13.2 Å². The third-order valence-corrected chi connectivity index (χ3v) is 3.59. The Morgan fingerprint density at radius 3 is 2.74 bits per heavy atom. The van der Waals surface area contributed by atoms with Crippen LogP contribution in [0.1, 0.15) is 18.5 Å². The van der Waals surface area contributed by atoms with E-state index in [-0.39, 0.29) is 11.9 Å². The molecule has 1 atom stereocenters. The molecule has 0 bridgehead atoms. The molecule has 0 aliphatic heterocycles. The Morgan fingerprint density at radius 2 is 2.00 bits per heavy atom. The van der Waals surface area contributed by atoms with Crippen LogP contribution in [0.2, 0.25) is 0 Å². The molecular formula is C15H15BrFNO. The first-order valence-corrected chi connectivity index (χ1v) is 6.75. The van der Waals surface area contributed by atoms with E-state index in [1.807, 2.05) is 31.2 Å². The zero-order valence-electron chi connectivity index (χ0n) is 10.8. The summed E-state index contributed by atoms with van der Waals surface area (Å²) in [6.45, 7) is 2.02. The zero-order chi connectivity index (χ0) is 13.8. The van der Waals surface area contributed by atoms with Crippen LogP contribution in [-0.4, -0.2) is 7.11 Å². The monoisotopic (exact) mass is 323 g/mol. The van der Waals surface area contributed by atoms with E-state index in [0.717, 1.165) is 21.5 Å². The molecule has 0 saturated carbocycles. The summed E-state index contributed by atoms with van der Waals surface area (Å²) in [6.07, 6.45) is 0. The first-order valence-electron chi connectivity index (χ1n) is 5.95. The Bertz CT molecular complexity index is 574. The van der Waals surface area contributed by atoms with Gasteiger partial charge in [0.2, 0.25) is 0 Å². The van der Waals surface area contributed by atoms with Crippen molar-refractivity contribution < 1.29 is 9.13 Å². The number of hydrogen-bond donors (Lipinski definition) is 1. The van der Waals surface area contributed by atoms with Gasteiger partial charge in [-0.05, 0) is 58.7 Å². The van der Waals surface area contributed by atoms with Crippen molar-refractivity contribution in [1.29, 1.82) is 0 Å². The van der Waals surface area contributed by atoms with Crippen LogP contribution in [0.25, 0.3) is 0 Å². The van der Waals surface area contributed by atoms with Crippen LogP contribution < -0.4 is 10.1 Å². The molecule has 0 saturated heterocycles. The number of anilines is 1. The molecule has 0 radical (unpaired) electrons. The average Bonchev–Trinajstić information content (AvgIpc) is 2.43. The largest absolute Gasteiger partial charge is 0.497 e. The van der Waals surface area contributed by atoms with Crippen LogP contribution in [0.15, 0.2) is 46.9 Å². The first-order chi connectivity index (χ1) is 9.10. The number of rotatable bonds is 4. The number of halogens is 2. The molecule has 0 aromatic heterocycles. The molecule has 0 spiro atoms. The summed E-state index contributed by atoms with van der Waals surface area (Å²) in [5.74, 6) is 0.549. The molecule has 4 heteroatoms. The fourth-order valence-corrected chi connectivity index (χ4v) is 2.20. The summed E-state index contributed by atoms with van der Waals surface area (Å²) in [4.78, 5) is 0. The summed E-state index contributed by atoms with van der Waals surface area (Å²) in [5, 5.41) is 3.28. The summed E-state index contributed by atoms with van der Waals surface area (Å²) >= 11 is 3.41. The molecule has 2 rings (SSSR count). The Hall–Kier alpha value is -1.55. The maximum Gasteiger partial charge on any atom is 0.125 e. The van der Waals surface area contributed by atoms with Crippen molar-refractivity contribution in [1.82, 2.24) is 0 Å². The molecule has 0 aliphatic rings. The van der Waals surface area contributed by atoms with Crippen LogP contribution in [-0.2, 0) is 0 Å². The number of nitrogens with one attached hydrogen (secondary N) is 1. The minimum absolute atomic E-state index is 0.0493. The van der Waals surface area contributed by atoms with E-state index in [9.17, 15) is 4.39 Å². The van der Waals surface area contributed by atoms with Gasteiger partial charge in [-0.1, -0.05) is 12.1 Å². The molecular weight excluding hydrogens is 309 g/mol. The van der Waals surface area contributed by atoms with Gasteiger partial charge < -0.3 is 10.1 Å². The van der Waals surface area contributed by atoms with Gasteiger partial charge in [0.1, 0.15) is 11.6 Å². The quantitative estimate of drug-likeness (QED) is 0.875. The zero-order valence-corrected chi connectivity index (χ0v) is 12.4. The molecule has 2 aromatic carbocycles. The van der Waals surface area contributed by atoms with E-state index in [4.69, 9.17) is 4.74 Å². The van der Waals surface area contributed by atoms with Crippen molar-refractivity contribution in [2.75, 3.05) is 12.4 Å². The van der Waals surface area contributed by atoms with Gasteiger partial charge in [0.25, 0.3) is 0 Å². The highest BCUT2D eigenvalue weighted by atomic mass is 79.9. The highest BCUT2D eigenvalue weighted by molar-refractivity contribution is 9.10. The Balaban J connectivity index is 2.20. The van der Waals surface area contributed by atoms with Crippen molar-refractivity contribution in [3.05, 3.63) is 58.3 Å². The van der Waals surface area contributed by atoms with Crippen LogP contribution in [0.3, 0.4) is 0 Å². The second-order valence-corrected chi connectivity index (χ2v) is 5.12. The van der Waals surface area contributed by atoms with Crippen molar-refractivity contribution in [3.8, 4) is 5.75 Å². The molecule has 1 unspecified atom stereocenters. The van der Waals surface area contributed by atoms with Crippen molar-refractivity contribution in [2.24, 2.45) is 0 Å². The normalized spacial score (nSPS) is 12.0. The SMILES string of the molecule is COc1cccc(C(C)Nc2cc(F)ccc2Br)c1. The third kappa shape index (κ3) is 3.47. The number of benzene rings is 2. The fraction of sp³-hybridized carbons (Fsp3) is 0.200. The summed E-state index contributed by atoms with van der Waals surface area (Å²) in [5.41, 5.74) is 1.81. The highest BCUT2D eigenvalue weighted by Crippen LogP contribution is 2.28. The van der Waals surface area contributed by atoms with Crippen LogP contribution in [0, 0.1) is 5.82 Å². The van der Waals surface area contributed by atoms with E-state index < -0.39 is 0 Å². The standard InChI is InChI=1S/C15H15BrFNO/c1-10(11-4-3-5-13(8-11)19-2)18-15-9-12(17)6-7-14(15)16/h3-10,18H,1-2H3. The Morgan fingerprint density at radius 1 is 1.21 bits per heavy atom. The van der Waals surface area contributed by atoms with Gasteiger partial charge in [-0.25, -0.2) is 4.39 Å². The lowest BCUT2D eigenvalue weighted by atomic mass is 10.1. The first kappa shape index (κ1) is 13.9. The molecule has 100 valence electrons. The van der Waals surface area contributed by atoms with E-state index in [2.05, 4.69) is 21.2 Å². The number of hydrogen-bond acceptors (Lipinski definition) is 2. The minimum Gasteiger partial charge on any atom is -0.497 e. The van der Waals surface area contributed by atoms with E-state index in [1.165, 1.54) is 12.1 Å². The molecule has 0 aliphatic carbocycles. The van der Waals surface area contributed by atoms with Gasteiger partial charge in [0.15, 0.2) is 0 Å². The molecule has 19 heavy (non-hydrogen) atoms. The Kier molecular flexibility index (Phi) is 4.43. The molecule has 2 nitrogen and oxygen atoms in total. The van der Waals surface area contributed by atoms with Gasteiger partial charge in [-0.15, -0.1) is 0 Å². The van der Waals surface area contributed by atoms with Crippen LogP contribution in [0.4, 0.5) is 10.1 Å². The molecule has 1 N–H and O–H groups in total. The van der Waals surface area contributed by atoms with E-state index >= 15 is 0 Å². The lowest BCUT2D eigenvalue weighted by Crippen LogP contribution is -2.07. The smallest absolute Gasteiger partial charge is 0.125 e. The second kappa shape index (κ2) is 6.06. The van der Waals surface area contributed by atoms with Gasteiger partial charge in [0, 0.05) is 10.5 Å². The van der Waals surface area contributed by atoms with Crippen molar-refractivity contribution >= 4 is 21.6 Å². The molecule has 0 fully saturated rings. The number of methoxy groups -OCH3 is 1. The predicted molar refractivity (Wildman–Crippen MR) is 79.1 cm³/mol. The highest BCUT2D eigenvalue weighted by Gasteiger charge is 2.09. The lowest BCUT2D eigenvalue weighted by molar-refractivity contribution is 0.414. The topological polar surface area (TPSA) is 21.3 Å². The maximum atomic E-state index is 13.2. The minimum atomic E-state index is -0.261. The van der Waals surface area contributed by atoms with Crippen molar-refractivity contribution in [3.63, 3.8) is 0 Å². The van der Waals surface area contributed by atoms with Gasteiger partial charge in [-0.2, -0.15) is 0 Å².